The molecule has 8 nitrogen and oxygen atoms in total. The molecule has 0 aliphatic heterocycles. The maximum Gasteiger partial charge on any atom is 0.258 e. The Balaban J connectivity index is 2.29. The Morgan fingerprint density at radius 3 is 2.59 bits per heavy atom. The predicted molar refractivity (Wildman–Crippen MR) is 76.2 cm³/mol. The van der Waals surface area contributed by atoms with Crippen molar-refractivity contribution in [3.05, 3.63) is 29.6 Å². The fraction of sp³-hybridized carbons (Fsp3) is 0.167. The molecule has 10 heteroatoms. The highest BCUT2D eigenvalue weighted by Crippen LogP contribution is 2.24. The third kappa shape index (κ3) is 2.26. The Labute approximate surface area is 124 Å². The van der Waals surface area contributed by atoms with Gasteiger partial charge in [-0.25, -0.2) is 12.8 Å². The first-order chi connectivity index (χ1) is 10.3. The Morgan fingerprint density at radius 2 is 1.95 bits per heavy atom. The average molecular weight is 322 g/mol. The molecule has 0 saturated heterocycles. The van der Waals surface area contributed by atoms with Crippen LogP contribution < -0.4 is 5.73 Å². The first-order valence-corrected chi connectivity index (χ1v) is 8.02. The molecular formula is C12H11FN6O2S. The summed E-state index contributed by atoms with van der Waals surface area (Å²) in [6.45, 7) is 1.71. The number of fused-ring (bicyclic) bond motifs is 1. The molecule has 3 rings (SSSR count). The monoisotopic (exact) mass is 322 g/mol. The minimum absolute atomic E-state index is 0.0576. The molecule has 0 fully saturated rings. The van der Waals surface area contributed by atoms with Gasteiger partial charge in [0.1, 0.15) is 5.82 Å². The van der Waals surface area contributed by atoms with E-state index in [4.69, 9.17) is 5.73 Å². The van der Waals surface area contributed by atoms with Crippen LogP contribution in [0.3, 0.4) is 0 Å². The van der Waals surface area contributed by atoms with E-state index in [1.54, 1.807) is 19.1 Å². The summed E-state index contributed by atoms with van der Waals surface area (Å²) in [6.07, 6.45) is 0.955. The maximum absolute atomic E-state index is 14.0. The van der Waals surface area contributed by atoms with Crippen LogP contribution in [-0.2, 0) is 9.84 Å². The summed E-state index contributed by atoms with van der Waals surface area (Å²) >= 11 is 0. The molecule has 2 N–H and O–H groups in total. The van der Waals surface area contributed by atoms with Crippen LogP contribution in [0, 0.1) is 12.7 Å². The summed E-state index contributed by atoms with van der Waals surface area (Å²) in [5, 5.41) is 3.59. The fourth-order valence-electron chi connectivity index (χ4n) is 1.97. The number of anilines is 1. The summed E-state index contributed by atoms with van der Waals surface area (Å²) < 4.78 is 38.1. The van der Waals surface area contributed by atoms with Crippen LogP contribution >= 0.6 is 0 Å². The van der Waals surface area contributed by atoms with Crippen molar-refractivity contribution >= 4 is 21.6 Å². The van der Waals surface area contributed by atoms with Gasteiger partial charge < -0.3 is 5.73 Å². The number of nitrogen functional groups attached to an aromatic ring is 1. The third-order valence-electron chi connectivity index (χ3n) is 2.99. The van der Waals surface area contributed by atoms with Crippen LogP contribution in [-0.4, -0.2) is 39.2 Å². The second kappa shape index (κ2) is 4.70. The fourth-order valence-corrected chi connectivity index (χ4v) is 2.48. The number of aryl methyl sites for hydroxylation is 1. The number of rotatable bonds is 2. The molecule has 22 heavy (non-hydrogen) atoms. The third-order valence-corrected chi connectivity index (χ3v) is 3.84. The smallest absolute Gasteiger partial charge is 0.258 e. The van der Waals surface area contributed by atoms with E-state index in [0.29, 0.717) is 5.56 Å². The molecule has 0 unspecified atom stereocenters. The zero-order chi connectivity index (χ0) is 16.1. The van der Waals surface area contributed by atoms with Crippen LogP contribution in [0.1, 0.15) is 5.56 Å². The minimum Gasteiger partial charge on any atom is -0.368 e. The highest BCUT2D eigenvalue weighted by atomic mass is 32.2. The van der Waals surface area contributed by atoms with Crippen LogP contribution in [0.15, 0.2) is 23.4 Å². The number of hydrogen-bond acceptors (Lipinski definition) is 7. The summed E-state index contributed by atoms with van der Waals surface area (Å²) in [7, 11) is -3.65. The van der Waals surface area contributed by atoms with E-state index in [2.05, 4.69) is 20.1 Å². The SMILES string of the molecule is Cc1cccc(F)c1-c1nc2nc(S(C)(=O)=O)nc(N)n2n1. The molecule has 0 aliphatic carbocycles. The molecule has 3 aromatic rings. The van der Waals surface area contributed by atoms with Gasteiger partial charge in [0, 0.05) is 6.26 Å². The van der Waals surface area contributed by atoms with E-state index >= 15 is 0 Å². The second-order valence-corrected chi connectivity index (χ2v) is 6.62. The molecule has 0 aliphatic rings. The first-order valence-electron chi connectivity index (χ1n) is 6.13. The molecule has 0 spiro atoms. The lowest BCUT2D eigenvalue weighted by Gasteiger charge is -2.01. The van der Waals surface area contributed by atoms with Crippen molar-refractivity contribution in [1.82, 2.24) is 24.6 Å². The number of nitrogens with two attached hydrogens (primary N) is 1. The zero-order valence-electron chi connectivity index (χ0n) is 11.6. The number of nitrogens with zero attached hydrogens (tertiary/aromatic N) is 5. The van der Waals surface area contributed by atoms with Gasteiger partial charge in [0.05, 0.1) is 5.56 Å². The van der Waals surface area contributed by atoms with Crippen LogP contribution in [0.4, 0.5) is 10.3 Å². The van der Waals surface area contributed by atoms with Crippen molar-refractivity contribution in [2.24, 2.45) is 0 Å². The van der Waals surface area contributed by atoms with Crippen molar-refractivity contribution in [1.29, 1.82) is 0 Å². The molecule has 0 radical (unpaired) electrons. The zero-order valence-corrected chi connectivity index (χ0v) is 12.5. The normalized spacial score (nSPS) is 12.0. The van der Waals surface area contributed by atoms with Gasteiger partial charge in [-0.2, -0.15) is 19.5 Å². The lowest BCUT2D eigenvalue weighted by molar-refractivity contribution is 0.592. The maximum atomic E-state index is 14.0. The second-order valence-electron chi connectivity index (χ2n) is 4.72. The van der Waals surface area contributed by atoms with Crippen LogP contribution in [0.5, 0.6) is 0 Å². The quantitative estimate of drug-likeness (QED) is 0.735. The van der Waals surface area contributed by atoms with E-state index in [0.717, 1.165) is 10.8 Å². The topological polar surface area (TPSA) is 116 Å². The van der Waals surface area contributed by atoms with Crippen molar-refractivity contribution in [3.8, 4) is 11.4 Å². The predicted octanol–water partition coefficient (Wildman–Crippen LogP) is 0.620. The minimum atomic E-state index is -3.65. The number of sulfone groups is 1. The van der Waals surface area contributed by atoms with Crippen molar-refractivity contribution in [2.45, 2.75) is 12.1 Å². The largest absolute Gasteiger partial charge is 0.368 e. The van der Waals surface area contributed by atoms with E-state index in [1.165, 1.54) is 6.07 Å². The Kier molecular flexibility index (Phi) is 3.06. The molecule has 0 amide bonds. The molecule has 1 aromatic carbocycles. The number of aromatic nitrogens is 5. The van der Waals surface area contributed by atoms with Crippen molar-refractivity contribution in [3.63, 3.8) is 0 Å². The molecule has 0 bridgehead atoms. The Morgan fingerprint density at radius 1 is 1.23 bits per heavy atom. The lowest BCUT2D eigenvalue weighted by atomic mass is 10.1. The number of hydrogen-bond donors (Lipinski definition) is 1. The van der Waals surface area contributed by atoms with E-state index in [9.17, 15) is 12.8 Å². The van der Waals surface area contributed by atoms with Gasteiger partial charge in [-0.3, -0.25) is 0 Å². The standard InChI is InChI=1S/C12H11FN6O2S/c1-6-4-3-5-7(13)8(6)9-15-11-17-12(22(2,20)21)16-10(14)19(11)18-9/h3-5H,1-2H3,(H2,14,15,16,17,18). The van der Waals surface area contributed by atoms with Crippen LogP contribution in [0.25, 0.3) is 17.2 Å². The molecule has 0 atom stereocenters. The van der Waals surface area contributed by atoms with Gasteiger partial charge in [-0.1, -0.05) is 12.1 Å². The number of halogens is 1. The number of benzene rings is 1. The van der Waals surface area contributed by atoms with Crippen molar-refractivity contribution in [2.75, 3.05) is 12.0 Å². The van der Waals surface area contributed by atoms with Crippen molar-refractivity contribution < 1.29 is 12.8 Å². The summed E-state index contributed by atoms with van der Waals surface area (Å²) in [6, 6.07) is 4.56. The Hall–Kier alpha value is -2.62. The van der Waals surface area contributed by atoms with Gasteiger partial charge in [0.25, 0.3) is 10.9 Å². The Bertz CT molecular complexity index is 978. The highest BCUT2D eigenvalue weighted by molar-refractivity contribution is 7.90. The molecule has 0 saturated carbocycles. The highest BCUT2D eigenvalue weighted by Gasteiger charge is 2.19. The van der Waals surface area contributed by atoms with Gasteiger partial charge >= 0.3 is 0 Å². The lowest BCUT2D eigenvalue weighted by Crippen LogP contribution is -2.11. The van der Waals surface area contributed by atoms with E-state index in [-0.39, 0.29) is 23.1 Å². The van der Waals surface area contributed by atoms with Gasteiger partial charge in [0.15, 0.2) is 5.82 Å². The summed E-state index contributed by atoms with van der Waals surface area (Å²) in [4.78, 5) is 11.5. The van der Waals surface area contributed by atoms with Gasteiger partial charge in [0.2, 0.25) is 15.8 Å². The van der Waals surface area contributed by atoms with Crippen LogP contribution in [0.2, 0.25) is 0 Å². The summed E-state index contributed by atoms with van der Waals surface area (Å²) in [5.41, 5.74) is 6.50. The van der Waals surface area contributed by atoms with E-state index < -0.39 is 20.8 Å². The first kappa shape index (κ1) is 14.3. The molecule has 2 aromatic heterocycles. The molecule has 114 valence electrons. The molecular weight excluding hydrogens is 311 g/mol. The van der Waals surface area contributed by atoms with Gasteiger partial charge in [-0.05, 0) is 18.6 Å². The van der Waals surface area contributed by atoms with E-state index in [1.807, 2.05) is 0 Å². The molecule has 2 heterocycles. The van der Waals surface area contributed by atoms with Gasteiger partial charge in [-0.15, -0.1) is 5.10 Å². The average Bonchev–Trinajstić information content (AvgIpc) is 2.81. The summed E-state index contributed by atoms with van der Waals surface area (Å²) in [5.74, 6) is -0.697.